The number of methoxy groups -OCH3 is 1. The number of nitrogens with zero attached hydrogens (tertiary/aromatic N) is 2. The van der Waals surface area contributed by atoms with Crippen LogP contribution in [0.4, 0.5) is 0 Å². The van der Waals surface area contributed by atoms with E-state index in [4.69, 9.17) is 4.74 Å². The quantitative estimate of drug-likeness (QED) is 0.534. The second kappa shape index (κ2) is 6.42. The molecule has 0 aliphatic carbocycles. The second-order valence-electron chi connectivity index (χ2n) is 6.86. The Morgan fingerprint density at radius 1 is 1.15 bits per heavy atom. The van der Waals surface area contributed by atoms with E-state index in [0.29, 0.717) is 5.75 Å². The van der Waals surface area contributed by atoms with Gasteiger partial charge in [0.2, 0.25) is 0 Å². The Hall–Kier alpha value is -3.36. The summed E-state index contributed by atoms with van der Waals surface area (Å²) in [6, 6.07) is 9.74. The van der Waals surface area contributed by atoms with Crippen LogP contribution in [0.25, 0.3) is 33.1 Å². The molecule has 3 heterocycles. The van der Waals surface area contributed by atoms with Gasteiger partial charge < -0.3 is 14.8 Å². The van der Waals surface area contributed by atoms with Crippen molar-refractivity contribution in [2.24, 2.45) is 0 Å². The molecule has 3 aromatic heterocycles. The van der Waals surface area contributed by atoms with E-state index in [9.17, 15) is 5.11 Å². The van der Waals surface area contributed by atoms with Gasteiger partial charge >= 0.3 is 0 Å². The summed E-state index contributed by atoms with van der Waals surface area (Å²) in [5, 5.41) is 12.0. The van der Waals surface area contributed by atoms with E-state index in [1.165, 1.54) is 0 Å². The highest BCUT2D eigenvalue weighted by atomic mass is 16.5. The molecule has 5 nitrogen and oxygen atoms in total. The Morgan fingerprint density at radius 2 is 2.00 bits per heavy atom. The van der Waals surface area contributed by atoms with Gasteiger partial charge in [0.25, 0.3) is 0 Å². The van der Waals surface area contributed by atoms with Crippen molar-refractivity contribution < 1.29 is 9.84 Å². The Labute approximate surface area is 157 Å². The zero-order valence-electron chi connectivity index (χ0n) is 15.4. The van der Waals surface area contributed by atoms with Crippen LogP contribution in [0.15, 0.2) is 48.9 Å². The van der Waals surface area contributed by atoms with Crippen molar-refractivity contribution in [3.8, 4) is 28.8 Å². The summed E-state index contributed by atoms with van der Waals surface area (Å²) in [5.74, 6) is 6.67. The number of fused-ring (bicyclic) bond motifs is 3. The molecule has 0 spiro atoms. The molecule has 0 amide bonds. The summed E-state index contributed by atoms with van der Waals surface area (Å²) in [7, 11) is 1.62. The molecule has 0 fully saturated rings. The van der Waals surface area contributed by atoms with E-state index in [2.05, 4.69) is 26.8 Å². The molecule has 0 atom stereocenters. The first kappa shape index (κ1) is 17.1. The van der Waals surface area contributed by atoms with Crippen LogP contribution in [0.3, 0.4) is 0 Å². The third-order valence-electron chi connectivity index (χ3n) is 4.28. The van der Waals surface area contributed by atoms with E-state index >= 15 is 0 Å². The number of ether oxygens (including phenoxy) is 1. The molecule has 0 aliphatic heterocycles. The number of H-pyrrole nitrogens is 1. The number of hydrogen-bond donors (Lipinski definition) is 2. The average Bonchev–Trinajstić information content (AvgIpc) is 3.04. The molecular weight excluding hydrogens is 338 g/mol. The lowest BCUT2D eigenvalue weighted by molar-refractivity contribution is 0.143. The van der Waals surface area contributed by atoms with Gasteiger partial charge in [0.15, 0.2) is 0 Å². The zero-order chi connectivity index (χ0) is 19.0. The molecule has 0 radical (unpaired) electrons. The van der Waals surface area contributed by atoms with E-state index in [0.717, 1.165) is 38.6 Å². The highest BCUT2D eigenvalue weighted by molar-refractivity contribution is 6.11. The molecular formula is C22H19N3O2. The van der Waals surface area contributed by atoms with Crippen molar-refractivity contribution in [3.63, 3.8) is 0 Å². The number of hydrogen-bond acceptors (Lipinski definition) is 4. The topological polar surface area (TPSA) is 71.0 Å². The van der Waals surface area contributed by atoms with Gasteiger partial charge in [-0.1, -0.05) is 11.8 Å². The summed E-state index contributed by atoms with van der Waals surface area (Å²) in [4.78, 5) is 12.1. The Morgan fingerprint density at radius 3 is 2.70 bits per heavy atom. The van der Waals surface area contributed by atoms with Crippen molar-refractivity contribution in [1.82, 2.24) is 15.0 Å². The number of nitrogens with one attached hydrogen (secondary N) is 1. The fourth-order valence-electron chi connectivity index (χ4n) is 3.06. The number of aliphatic hydroxyl groups is 1. The normalized spacial score (nSPS) is 11.4. The SMILES string of the molecule is COc1ccc2[nH]c3cnc(-c4cccnc4)cc3c2c1C#CC(C)(C)O. The first-order chi connectivity index (χ1) is 13.0. The lowest BCUT2D eigenvalue weighted by Crippen LogP contribution is -2.14. The van der Waals surface area contributed by atoms with Gasteiger partial charge in [-0.2, -0.15) is 0 Å². The number of aromatic nitrogens is 3. The molecule has 4 rings (SSSR count). The highest BCUT2D eigenvalue weighted by Gasteiger charge is 2.15. The monoisotopic (exact) mass is 357 g/mol. The highest BCUT2D eigenvalue weighted by Crippen LogP contribution is 2.34. The summed E-state index contributed by atoms with van der Waals surface area (Å²) in [5.41, 5.74) is 3.28. The molecule has 0 saturated carbocycles. The predicted molar refractivity (Wildman–Crippen MR) is 107 cm³/mol. The number of pyridine rings is 2. The third-order valence-corrected chi connectivity index (χ3v) is 4.28. The van der Waals surface area contributed by atoms with Crippen LogP contribution >= 0.6 is 0 Å². The maximum absolute atomic E-state index is 10.0. The molecule has 27 heavy (non-hydrogen) atoms. The van der Waals surface area contributed by atoms with Gasteiger partial charge in [0, 0.05) is 34.2 Å². The molecule has 0 bridgehead atoms. The summed E-state index contributed by atoms with van der Waals surface area (Å²) >= 11 is 0. The van der Waals surface area contributed by atoms with Crippen molar-refractivity contribution >= 4 is 21.8 Å². The molecule has 2 N–H and O–H groups in total. The first-order valence-electron chi connectivity index (χ1n) is 8.60. The van der Waals surface area contributed by atoms with Crippen LogP contribution in [0.2, 0.25) is 0 Å². The minimum Gasteiger partial charge on any atom is -0.495 e. The van der Waals surface area contributed by atoms with E-state index < -0.39 is 5.60 Å². The fourth-order valence-corrected chi connectivity index (χ4v) is 3.06. The van der Waals surface area contributed by atoms with Gasteiger partial charge in [0.1, 0.15) is 11.4 Å². The molecule has 1 aromatic carbocycles. The molecule has 4 aromatic rings. The van der Waals surface area contributed by atoms with Crippen LogP contribution in [0, 0.1) is 11.8 Å². The minimum atomic E-state index is -1.10. The lowest BCUT2D eigenvalue weighted by Gasteiger charge is -2.08. The fraction of sp³-hybridized carbons (Fsp3) is 0.182. The molecule has 0 saturated heterocycles. The number of aromatic amines is 1. The van der Waals surface area contributed by atoms with Crippen LogP contribution in [-0.2, 0) is 0 Å². The van der Waals surface area contributed by atoms with Crippen LogP contribution < -0.4 is 4.74 Å². The molecule has 134 valence electrons. The first-order valence-corrected chi connectivity index (χ1v) is 8.60. The van der Waals surface area contributed by atoms with Crippen LogP contribution in [0.1, 0.15) is 19.4 Å². The average molecular weight is 357 g/mol. The Kier molecular flexibility index (Phi) is 4.06. The predicted octanol–water partition coefficient (Wildman–Crippen LogP) is 3.91. The lowest BCUT2D eigenvalue weighted by atomic mass is 10.0. The van der Waals surface area contributed by atoms with E-state index in [1.54, 1.807) is 33.4 Å². The number of benzene rings is 1. The summed E-state index contributed by atoms with van der Waals surface area (Å²) < 4.78 is 5.53. The van der Waals surface area contributed by atoms with E-state index in [-0.39, 0.29) is 0 Å². The standard InChI is InChI=1S/C22H19N3O2/c1-22(2,26)9-8-15-20(27-3)7-6-17-21(15)16-11-18(24-13-19(16)25-17)14-5-4-10-23-12-14/h4-7,10-13,25-26H,1-3H3. The largest absolute Gasteiger partial charge is 0.495 e. The zero-order valence-corrected chi connectivity index (χ0v) is 15.4. The van der Waals surface area contributed by atoms with Gasteiger partial charge in [-0.3, -0.25) is 9.97 Å². The van der Waals surface area contributed by atoms with Crippen LogP contribution in [0.5, 0.6) is 5.75 Å². The minimum absolute atomic E-state index is 0.667. The van der Waals surface area contributed by atoms with Gasteiger partial charge in [-0.05, 0) is 44.2 Å². The van der Waals surface area contributed by atoms with Gasteiger partial charge in [0.05, 0.1) is 30.1 Å². The smallest absolute Gasteiger partial charge is 0.135 e. The van der Waals surface area contributed by atoms with Crippen LogP contribution in [-0.4, -0.2) is 32.8 Å². The summed E-state index contributed by atoms with van der Waals surface area (Å²) in [6.45, 7) is 3.32. The maximum Gasteiger partial charge on any atom is 0.135 e. The Balaban J connectivity index is 2.03. The van der Waals surface area contributed by atoms with Crippen molar-refractivity contribution in [1.29, 1.82) is 0 Å². The van der Waals surface area contributed by atoms with E-state index in [1.807, 2.05) is 36.5 Å². The van der Waals surface area contributed by atoms with Gasteiger partial charge in [-0.15, -0.1) is 0 Å². The Bertz CT molecular complexity index is 1190. The molecule has 5 heteroatoms. The van der Waals surface area contributed by atoms with Crippen molar-refractivity contribution in [3.05, 3.63) is 54.5 Å². The van der Waals surface area contributed by atoms with Crippen molar-refractivity contribution in [2.75, 3.05) is 7.11 Å². The maximum atomic E-state index is 10.0. The van der Waals surface area contributed by atoms with Crippen molar-refractivity contribution in [2.45, 2.75) is 19.4 Å². The molecule has 0 unspecified atom stereocenters. The second-order valence-corrected chi connectivity index (χ2v) is 6.86. The summed E-state index contributed by atoms with van der Waals surface area (Å²) in [6.07, 6.45) is 5.35. The number of rotatable bonds is 2. The third kappa shape index (κ3) is 3.23. The molecule has 0 aliphatic rings. The van der Waals surface area contributed by atoms with Gasteiger partial charge in [-0.25, -0.2) is 0 Å².